The number of fused-ring (bicyclic) bond motifs is 1. The van der Waals surface area contributed by atoms with Gasteiger partial charge >= 0.3 is 0 Å². The standard InChI is InChI=1S/C23H26N4O/c28-22(20-4-5-21-19(13-20)6-10-25-21)27-12-8-23(17-27)7-2-11-26(16-23)15-18-3-1-9-24-14-18/h1,3-6,9-10,13-14,25H,2,7-8,11-12,15-17H2. The Hall–Kier alpha value is -2.66. The maximum atomic E-state index is 13.1. The number of pyridine rings is 1. The molecule has 0 radical (unpaired) electrons. The minimum absolute atomic E-state index is 0.171. The summed E-state index contributed by atoms with van der Waals surface area (Å²) in [6.07, 6.45) is 9.24. The predicted molar refractivity (Wildman–Crippen MR) is 110 cm³/mol. The van der Waals surface area contributed by atoms with E-state index in [9.17, 15) is 4.79 Å². The quantitative estimate of drug-likeness (QED) is 0.761. The van der Waals surface area contributed by atoms with Gasteiger partial charge in [0.2, 0.25) is 0 Å². The molecule has 1 spiro atoms. The van der Waals surface area contributed by atoms with E-state index in [1.165, 1.54) is 18.4 Å². The summed E-state index contributed by atoms with van der Waals surface area (Å²) in [4.78, 5) is 25.2. The summed E-state index contributed by atoms with van der Waals surface area (Å²) in [5, 5.41) is 1.10. The molecule has 2 saturated heterocycles. The van der Waals surface area contributed by atoms with Crippen LogP contribution < -0.4 is 0 Å². The lowest BCUT2D eigenvalue weighted by Crippen LogP contribution is -2.45. The number of amides is 1. The van der Waals surface area contributed by atoms with Crippen LogP contribution in [0.25, 0.3) is 10.9 Å². The molecule has 1 amide bonds. The molecular formula is C23H26N4O. The molecule has 144 valence electrons. The Morgan fingerprint density at radius 1 is 1.14 bits per heavy atom. The zero-order valence-electron chi connectivity index (χ0n) is 16.1. The zero-order valence-corrected chi connectivity index (χ0v) is 16.1. The largest absolute Gasteiger partial charge is 0.361 e. The lowest BCUT2D eigenvalue weighted by atomic mass is 9.79. The van der Waals surface area contributed by atoms with Crippen molar-refractivity contribution in [2.75, 3.05) is 26.2 Å². The smallest absolute Gasteiger partial charge is 0.253 e. The second kappa shape index (κ2) is 7.06. The van der Waals surface area contributed by atoms with Gasteiger partial charge in [0.25, 0.3) is 5.91 Å². The van der Waals surface area contributed by atoms with Crippen molar-refractivity contribution in [1.82, 2.24) is 19.8 Å². The van der Waals surface area contributed by atoms with Crippen molar-refractivity contribution in [3.05, 3.63) is 66.1 Å². The second-order valence-electron chi connectivity index (χ2n) is 8.43. The summed E-state index contributed by atoms with van der Waals surface area (Å²) < 4.78 is 0. The third-order valence-electron chi connectivity index (χ3n) is 6.40. The topological polar surface area (TPSA) is 52.2 Å². The van der Waals surface area contributed by atoms with Crippen molar-refractivity contribution in [3.63, 3.8) is 0 Å². The number of nitrogens with zero attached hydrogens (tertiary/aromatic N) is 3. The first-order chi connectivity index (χ1) is 13.7. The zero-order chi connectivity index (χ0) is 19.0. The number of hydrogen-bond acceptors (Lipinski definition) is 3. The highest BCUT2D eigenvalue weighted by Gasteiger charge is 2.42. The molecule has 0 saturated carbocycles. The fraction of sp³-hybridized carbons (Fsp3) is 0.391. The van der Waals surface area contributed by atoms with Gasteiger partial charge in [-0.15, -0.1) is 0 Å². The number of nitrogens with one attached hydrogen (secondary N) is 1. The van der Waals surface area contributed by atoms with Gasteiger partial charge in [-0.05, 0) is 61.7 Å². The Kier molecular flexibility index (Phi) is 4.40. The highest BCUT2D eigenvalue weighted by molar-refractivity contribution is 5.98. The molecule has 1 N–H and O–H groups in total. The summed E-state index contributed by atoms with van der Waals surface area (Å²) in [7, 11) is 0. The van der Waals surface area contributed by atoms with Crippen LogP contribution in [0.15, 0.2) is 55.0 Å². The lowest BCUT2D eigenvalue weighted by molar-refractivity contribution is 0.0675. The van der Waals surface area contributed by atoms with E-state index in [1.807, 2.05) is 48.9 Å². The molecule has 1 unspecified atom stereocenters. The van der Waals surface area contributed by atoms with Crippen LogP contribution in [0.4, 0.5) is 0 Å². The maximum absolute atomic E-state index is 13.1. The van der Waals surface area contributed by atoms with Gasteiger partial charge < -0.3 is 9.88 Å². The molecule has 2 aliphatic heterocycles. The van der Waals surface area contributed by atoms with Crippen LogP contribution in [0.2, 0.25) is 0 Å². The molecule has 5 rings (SSSR count). The average molecular weight is 374 g/mol. The first-order valence-electron chi connectivity index (χ1n) is 10.2. The van der Waals surface area contributed by atoms with Crippen LogP contribution >= 0.6 is 0 Å². The van der Waals surface area contributed by atoms with Gasteiger partial charge in [-0.25, -0.2) is 0 Å². The van der Waals surface area contributed by atoms with Crippen molar-refractivity contribution < 1.29 is 4.79 Å². The van der Waals surface area contributed by atoms with E-state index in [1.54, 1.807) is 0 Å². The number of likely N-dealkylation sites (tertiary alicyclic amines) is 2. The number of aromatic amines is 1. The van der Waals surface area contributed by atoms with E-state index in [0.717, 1.165) is 55.6 Å². The van der Waals surface area contributed by atoms with Crippen LogP contribution in [-0.2, 0) is 6.54 Å². The third-order valence-corrected chi connectivity index (χ3v) is 6.40. The summed E-state index contributed by atoms with van der Waals surface area (Å²) in [5.74, 6) is 0.171. The van der Waals surface area contributed by atoms with E-state index in [4.69, 9.17) is 0 Å². The van der Waals surface area contributed by atoms with Crippen molar-refractivity contribution in [3.8, 4) is 0 Å². The average Bonchev–Trinajstić information content (AvgIpc) is 3.35. The molecule has 2 aliphatic rings. The van der Waals surface area contributed by atoms with E-state index < -0.39 is 0 Å². The van der Waals surface area contributed by atoms with E-state index in [0.29, 0.717) is 0 Å². The summed E-state index contributed by atoms with van der Waals surface area (Å²) in [5.41, 5.74) is 3.39. The van der Waals surface area contributed by atoms with Crippen LogP contribution in [0.3, 0.4) is 0 Å². The molecule has 1 atom stereocenters. The fourth-order valence-corrected chi connectivity index (χ4v) is 5.01. The van der Waals surface area contributed by atoms with Gasteiger partial charge in [-0.2, -0.15) is 0 Å². The van der Waals surface area contributed by atoms with E-state index in [-0.39, 0.29) is 11.3 Å². The first-order valence-corrected chi connectivity index (χ1v) is 10.2. The maximum Gasteiger partial charge on any atom is 0.253 e. The van der Waals surface area contributed by atoms with Gasteiger partial charge in [0, 0.05) is 66.7 Å². The van der Waals surface area contributed by atoms with Crippen LogP contribution in [0.5, 0.6) is 0 Å². The number of carbonyl (C=O) groups is 1. The number of aromatic nitrogens is 2. The molecule has 0 bridgehead atoms. The molecule has 2 aromatic heterocycles. The van der Waals surface area contributed by atoms with Crippen molar-refractivity contribution in [2.45, 2.75) is 25.8 Å². The Labute approximate surface area is 165 Å². The molecule has 4 heterocycles. The molecular weight excluding hydrogens is 348 g/mol. The number of H-pyrrole nitrogens is 1. The van der Waals surface area contributed by atoms with Crippen LogP contribution in [0.1, 0.15) is 35.2 Å². The monoisotopic (exact) mass is 374 g/mol. The molecule has 2 fully saturated rings. The molecule has 5 nitrogen and oxygen atoms in total. The SMILES string of the molecule is O=C(c1ccc2[nH]ccc2c1)N1CCC2(CCCN(Cc3cccnc3)C2)C1. The molecule has 3 aromatic rings. The van der Waals surface area contributed by atoms with Crippen LogP contribution in [0, 0.1) is 5.41 Å². The van der Waals surface area contributed by atoms with E-state index >= 15 is 0 Å². The van der Waals surface area contributed by atoms with E-state index in [2.05, 4.69) is 25.8 Å². The highest BCUT2D eigenvalue weighted by Crippen LogP contribution is 2.39. The Morgan fingerprint density at radius 3 is 3.00 bits per heavy atom. The van der Waals surface area contributed by atoms with Gasteiger partial charge in [0.1, 0.15) is 0 Å². The normalized spacial score (nSPS) is 22.9. The summed E-state index contributed by atoms with van der Waals surface area (Å²) in [6, 6.07) is 12.1. The molecule has 0 aliphatic carbocycles. The Morgan fingerprint density at radius 2 is 2.11 bits per heavy atom. The summed E-state index contributed by atoms with van der Waals surface area (Å²) >= 11 is 0. The highest BCUT2D eigenvalue weighted by atomic mass is 16.2. The first kappa shape index (κ1) is 17.4. The lowest BCUT2D eigenvalue weighted by Gasteiger charge is -2.40. The number of hydrogen-bond donors (Lipinski definition) is 1. The number of benzene rings is 1. The van der Waals surface area contributed by atoms with Gasteiger partial charge in [-0.1, -0.05) is 6.07 Å². The number of carbonyl (C=O) groups excluding carboxylic acids is 1. The Balaban J connectivity index is 1.28. The minimum Gasteiger partial charge on any atom is -0.361 e. The van der Waals surface area contributed by atoms with Crippen molar-refractivity contribution in [1.29, 1.82) is 0 Å². The fourth-order valence-electron chi connectivity index (χ4n) is 5.01. The van der Waals surface area contributed by atoms with Crippen molar-refractivity contribution >= 4 is 16.8 Å². The summed E-state index contributed by atoms with van der Waals surface area (Å²) in [6.45, 7) is 4.90. The van der Waals surface area contributed by atoms with Gasteiger partial charge in [0.05, 0.1) is 0 Å². The predicted octanol–water partition coefficient (Wildman–Crippen LogP) is 3.69. The Bertz CT molecular complexity index is 982. The second-order valence-corrected chi connectivity index (χ2v) is 8.43. The van der Waals surface area contributed by atoms with Crippen LogP contribution in [-0.4, -0.2) is 51.9 Å². The van der Waals surface area contributed by atoms with Gasteiger partial charge in [0.15, 0.2) is 0 Å². The third kappa shape index (κ3) is 3.31. The molecule has 28 heavy (non-hydrogen) atoms. The minimum atomic E-state index is 0.171. The molecule has 5 heteroatoms. The number of rotatable bonds is 3. The van der Waals surface area contributed by atoms with Crippen molar-refractivity contribution in [2.24, 2.45) is 5.41 Å². The van der Waals surface area contributed by atoms with Gasteiger partial charge in [-0.3, -0.25) is 14.7 Å². The molecule has 1 aromatic carbocycles. The number of piperidine rings is 1.